The van der Waals surface area contributed by atoms with Crippen LogP contribution in [0, 0.1) is 0 Å². The van der Waals surface area contributed by atoms with E-state index < -0.39 is 41.8 Å². The Bertz CT molecular complexity index is 828. The standard InChI is InChI=1S/C26H43N3O5/c1-10-18-12-14-19(15-13-18)21(22(31)27-17(3)4)29(26(8,9)11-2)23(32)20(16-30)28-24(33)34-25(5,6)7/h12-15,17,20-21,30H,10-11,16H2,1-9H3,(H,27,31)(H,28,33). The molecule has 0 aliphatic rings. The van der Waals surface area contributed by atoms with Gasteiger partial charge in [0.05, 0.1) is 6.61 Å². The monoisotopic (exact) mass is 477 g/mol. The Morgan fingerprint density at radius 3 is 1.97 bits per heavy atom. The number of aliphatic hydroxyl groups is 1. The molecule has 0 bridgehead atoms. The Kier molecular flexibility index (Phi) is 10.6. The number of rotatable bonds is 10. The molecule has 3 N–H and O–H groups in total. The third-order valence-electron chi connectivity index (χ3n) is 5.57. The van der Waals surface area contributed by atoms with Gasteiger partial charge in [0, 0.05) is 11.6 Å². The molecule has 1 aromatic rings. The van der Waals surface area contributed by atoms with Crippen molar-refractivity contribution in [1.82, 2.24) is 15.5 Å². The van der Waals surface area contributed by atoms with Crippen LogP contribution in [0.25, 0.3) is 0 Å². The molecule has 192 valence electrons. The van der Waals surface area contributed by atoms with E-state index in [1.54, 1.807) is 20.8 Å². The molecule has 0 aromatic heterocycles. The fraction of sp³-hybridized carbons (Fsp3) is 0.654. The predicted molar refractivity (Wildman–Crippen MR) is 133 cm³/mol. The molecule has 1 aromatic carbocycles. The number of aliphatic hydroxyl groups excluding tert-OH is 1. The maximum absolute atomic E-state index is 13.8. The van der Waals surface area contributed by atoms with E-state index in [0.717, 1.165) is 12.0 Å². The lowest BCUT2D eigenvalue weighted by Crippen LogP contribution is -2.60. The van der Waals surface area contributed by atoms with E-state index in [-0.39, 0.29) is 11.9 Å². The van der Waals surface area contributed by atoms with Crippen LogP contribution in [0.5, 0.6) is 0 Å². The third-order valence-corrected chi connectivity index (χ3v) is 5.57. The summed E-state index contributed by atoms with van der Waals surface area (Å²) in [5, 5.41) is 15.4. The third kappa shape index (κ3) is 8.31. The van der Waals surface area contributed by atoms with Crippen LogP contribution in [0.1, 0.15) is 85.9 Å². The van der Waals surface area contributed by atoms with Crippen LogP contribution in [-0.4, -0.2) is 57.7 Å². The van der Waals surface area contributed by atoms with Gasteiger partial charge in [-0.25, -0.2) is 4.79 Å². The van der Waals surface area contributed by atoms with Crippen LogP contribution in [0.15, 0.2) is 24.3 Å². The number of aryl methyl sites for hydroxylation is 1. The van der Waals surface area contributed by atoms with Crippen molar-refractivity contribution in [3.63, 3.8) is 0 Å². The number of amides is 3. The van der Waals surface area contributed by atoms with E-state index in [4.69, 9.17) is 4.74 Å². The second-order valence-corrected chi connectivity index (χ2v) is 10.4. The summed E-state index contributed by atoms with van der Waals surface area (Å²) in [6, 6.07) is 5.22. The molecule has 0 aliphatic heterocycles. The number of nitrogens with one attached hydrogen (secondary N) is 2. The quantitative estimate of drug-likeness (QED) is 0.476. The molecule has 3 amide bonds. The summed E-state index contributed by atoms with van der Waals surface area (Å²) in [4.78, 5) is 41.1. The van der Waals surface area contributed by atoms with E-state index in [2.05, 4.69) is 10.6 Å². The van der Waals surface area contributed by atoms with Crippen LogP contribution in [0.2, 0.25) is 0 Å². The highest BCUT2D eigenvalue weighted by Crippen LogP contribution is 2.32. The van der Waals surface area contributed by atoms with E-state index in [1.165, 1.54) is 4.90 Å². The summed E-state index contributed by atoms with van der Waals surface area (Å²) in [5.74, 6) is -0.897. The molecule has 2 atom stereocenters. The number of hydrogen-bond donors (Lipinski definition) is 3. The molecule has 8 nitrogen and oxygen atoms in total. The van der Waals surface area contributed by atoms with Gasteiger partial charge < -0.3 is 25.4 Å². The summed E-state index contributed by atoms with van der Waals surface area (Å²) in [6.07, 6.45) is 0.574. The first-order chi connectivity index (χ1) is 15.7. The molecule has 0 radical (unpaired) electrons. The normalized spacial score (nSPS) is 13.7. The molecule has 0 spiro atoms. The minimum Gasteiger partial charge on any atom is -0.444 e. The number of carbonyl (C=O) groups excluding carboxylic acids is 3. The van der Waals surface area contributed by atoms with Gasteiger partial charge in [0.2, 0.25) is 11.8 Å². The summed E-state index contributed by atoms with van der Waals surface area (Å²) in [7, 11) is 0. The topological polar surface area (TPSA) is 108 Å². The van der Waals surface area contributed by atoms with E-state index in [0.29, 0.717) is 12.0 Å². The fourth-order valence-corrected chi connectivity index (χ4v) is 3.47. The Balaban J connectivity index is 3.53. The summed E-state index contributed by atoms with van der Waals surface area (Å²) >= 11 is 0. The summed E-state index contributed by atoms with van der Waals surface area (Å²) in [6.45, 7) is 15.9. The van der Waals surface area contributed by atoms with Crippen LogP contribution >= 0.6 is 0 Å². The number of nitrogens with zero attached hydrogens (tertiary/aromatic N) is 1. The minimum absolute atomic E-state index is 0.139. The highest BCUT2D eigenvalue weighted by atomic mass is 16.6. The number of ether oxygens (including phenoxy) is 1. The van der Waals surface area contributed by atoms with Gasteiger partial charge in [-0.15, -0.1) is 0 Å². The van der Waals surface area contributed by atoms with Crippen LogP contribution in [0.3, 0.4) is 0 Å². The average molecular weight is 478 g/mol. The lowest BCUT2D eigenvalue weighted by molar-refractivity contribution is -0.150. The van der Waals surface area contributed by atoms with Gasteiger partial charge >= 0.3 is 6.09 Å². The van der Waals surface area contributed by atoms with Crippen LogP contribution in [-0.2, 0) is 20.7 Å². The fourth-order valence-electron chi connectivity index (χ4n) is 3.47. The molecule has 0 saturated heterocycles. The minimum atomic E-state index is -1.27. The summed E-state index contributed by atoms with van der Waals surface area (Å²) in [5.41, 5.74) is 0.233. The Labute approximate surface area is 204 Å². The van der Waals surface area contributed by atoms with Crippen molar-refractivity contribution in [3.8, 4) is 0 Å². The highest BCUT2D eigenvalue weighted by molar-refractivity contribution is 5.92. The molecule has 1 rings (SSSR count). The molecule has 2 unspecified atom stereocenters. The van der Waals surface area contributed by atoms with E-state index in [9.17, 15) is 19.5 Å². The first-order valence-electron chi connectivity index (χ1n) is 12.0. The molecule has 0 heterocycles. The van der Waals surface area contributed by atoms with Gasteiger partial charge in [-0.1, -0.05) is 38.1 Å². The molecule has 0 aliphatic carbocycles. The lowest BCUT2D eigenvalue weighted by atomic mass is 9.91. The zero-order chi connectivity index (χ0) is 26.3. The number of hydrogen-bond acceptors (Lipinski definition) is 5. The SMILES string of the molecule is CCc1ccc(C(C(=O)NC(C)C)N(C(=O)C(CO)NC(=O)OC(C)(C)C)C(C)(C)CC)cc1. The van der Waals surface area contributed by atoms with Crippen molar-refractivity contribution >= 4 is 17.9 Å². The molecular formula is C26H43N3O5. The van der Waals surface area contributed by atoms with Crippen molar-refractivity contribution in [2.24, 2.45) is 0 Å². The van der Waals surface area contributed by atoms with E-state index >= 15 is 0 Å². The smallest absolute Gasteiger partial charge is 0.408 e. The zero-order valence-electron chi connectivity index (χ0n) is 22.2. The van der Waals surface area contributed by atoms with Gasteiger partial charge in [0.1, 0.15) is 17.7 Å². The maximum Gasteiger partial charge on any atom is 0.408 e. The maximum atomic E-state index is 13.8. The highest BCUT2D eigenvalue weighted by Gasteiger charge is 2.43. The van der Waals surface area contributed by atoms with Gasteiger partial charge in [-0.2, -0.15) is 0 Å². The van der Waals surface area contributed by atoms with Crippen LogP contribution < -0.4 is 10.6 Å². The second kappa shape index (κ2) is 12.2. The molecule has 34 heavy (non-hydrogen) atoms. The number of benzene rings is 1. The lowest BCUT2D eigenvalue weighted by Gasteiger charge is -2.44. The first-order valence-corrected chi connectivity index (χ1v) is 12.0. The van der Waals surface area contributed by atoms with Crippen molar-refractivity contribution in [3.05, 3.63) is 35.4 Å². The van der Waals surface area contributed by atoms with E-state index in [1.807, 2.05) is 65.8 Å². The van der Waals surface area contributed by atoms with Crippen LogP contribution in [0.4, 0.5) is 4.79 Å². The van der Waals surface area contributed by atoms with Gasteiger partial charge in [0.25, 0.3) is 0 Å². The zero-order valence-corrected chi connectivity index (χ0v) is 22.2. The second-order valence-electron chi connectivity index (χ2n) is 10.4. The van der Waals surface area contributed by atoms with Gasteiger partial charge in [-0.05, 0) is 72.4 Å². The molecular weight excluding hydrogens is 434 g/mol. The Hall–Kier alpha value is -2.61. The molecule has 8 heteroatoms. The average Bonchev–Trinajstić information content (AvgIpc) is 2.73. The predicted octanol–water partition coefficient (Wildman–Crippen LogP) is 3.72. The first kappa shape index (κ1) is 29.4. The number of carbonyl (C=O) groups is 3. The summed E-state index contributed by atoms with van der Waals surface area (Å²) < 4.78 is 5.27. The van der Waals surface area contributed by atoms with Gasteiger partial charge in [-0.3, -0.25) is 9.59 Å². The largest absolute Gasteiger partial charge is 0.444 e. The Morgan fingerprint density at radius 2 is 1.56 bits per heavy atom. The number of alkyl carbamates (subject to hydrolysis) is 1. The van der Waals surface area contributed by atoms with Crippen molar-refractivity contribution in [2.75, 3.05) is 6.61 Å². The van der Waals surface area contributed by atoms with Crippen molar-refractivity contribution < 1.29 is 24.2 Å². The Morgan fingerprint density at radius 1 is 1.00 bits per heavy atom. The van der Waals surface area contributed by atoms with Gasteiger partial charge in [0.15, 0.2) is 0 Å². The van der Waals surface area contributed by atoms with Crippen molar-refractivity contribution in [1.29, 1.82) is 0 Å². The molecule has 0 saturated carbocycles. The molecule has 0 fully saturated rings. The van der Waals surface area contributed by atoms with Crippen molar-refractivity contribution in [2.45, 2.75) is 104 Å².